The van der Waals surface area contributed by atoms with Crippen LogP contribution in [0.15, 0.2) is 24.8 Å². The average Bonchev–Trinajstić information content (AvgIpc) is 2.63. The summed E-state index contributed by atoms with van der Waals surface area (Å²) in [5.74, 6) is 1.69. The standard InChI is InChI=1S/2C4H5N2.Co/c2*1-4-5-2-3-6-4;/h2*2-3H,1H3;/q2*-1;+2. The van der Waals surface area contributed by atoms with Crippen LogP contribution < -0.4 is 9.97 Å². The van der Waals surface area contributed by atoms with Crippen molar-refractivity contribution in [2.24, 2.45) is 0 Å². The van der Waals surface area contributed by atoms with Crippen LogP contribution in [-0.4, -0.2) is 9.97 Å². The normalized spacial score (nSPS) is 8.15. The molecule has 4 nitrogen and oxygen atoms in total. The Kier molecular flexibility index (Phi) is 5.91. The molecule has 0 saturated heterocycles. The Morgan fingerprint density at radius 2 is 1.31 bits per heavy atom. The summed E-state index contributed by atoms with van der Waals surface area (Å²) in [6.45, 7) is 3.72. The topological polar surface area (TPSA) is 54.0 Å². The van der Waals surface area contributed by atoms with Crippen LogP contribution in [0.4, 0.5) is 0 Å². The van der Waals surface area contributed by atoms with Gasteiger partial charge in [-0.2, -0.15) is 0 Å². The van der Waals surface area contributed by atoms with Gasteiger partial charge in [-0.3, -0.25) is 0 Å². The number of hydrogen-bond donors (Lipinski definition) is 0. The molecule has 71 valence electrons. The Labute approximate surface area is 87.4 Å². The Balaban J connectivity index is 0.000000206. The summed E-state index contributed by atoms with van der Waals surface area (Å²) in [4.78, 5) is 15.2. The summed E-state index contributed by atoms with van der Waals surface area (Å²) in [5, 5.41) is 0. The molecule has 0 aliphatic rings. The first-order valence-electron chi connectivity index (χ1n) is 3.59. The maximum atomic E-state index is 3.81. The Hall–Kier alpha value is -1.07. The Morgan fingerprint density at radius 3 is 1.38 bits per heavy atom. The number of aromatic nitrogens is 4. The molecule has 0 amide bonds. The first kappa shape index (κ1) is 11.9. The first-order valence-corrected chi connectivity index (χ1v) is 3.59. The van der Waals surface area contributed by atoms with E-state index in [0.29, 0.717) is 0 Å². The largest absolute Gasteiger partial charge is 2.00 e. The van der Waals surface area contributed by atoms with E-state index in [-0.39, 0.29) is 16.8 Å². The predicted molar refractivity (Wildman–Crippen MR) is 44.6 cm³/mol. The molecule has 2 heterocycles. The van der Waals surface area contributed by atoms with E-state index in [1.807, 2.05) is 13.8 Å². The molecular formula is C8H10CoN4. The number of hydrogen-bond acceptors (Lipinski definition) is 2. The molecule has 0 aliphatic carbocycles. The fraction of sp³-hybridized carbons (Fsp3) is 0.250. The van der Waals surface area contributed by atoms with E-state index in [9.17, 15) is 0 Å². The van der Waals surface area contributed by atoms with E-state index in [2.05, 4.69) is 19.9 Å². The molecule has 0 atom stereocenters. The van der Waals surface area contributed by atoms with Crippen molar-refractivity contribution in [2.45, 2.75) is 13.8 Å². The molecule has 0 aromatic carbocycles. The van der Waals surface area contributed by atoms with Gasteiger partial charge in [-0.25, -0.2) is 0 Å². The predicted octanol–water partition coefficient (Wildman–Crippen LogP) is 0.692. The van der Waals surface area contributed by atoms with Crippen molar-refractivity contribution < 1.29 is 16.8 Å². The van der Waals surface area contributed by atoms with E-state index in [0.717, 1.165) is 11.6 Å². The minimum atomic E-state index is 0. The molecule has 0 fully saturated rings. The molecule has 0 N–H and O–H groups in total. The quantitative estimate of drug-likeness (QED) is 0.656. The van der Waals surface area contributed by atoms with Crippen molar-refractivity contribution in [1.82, 2.24) is 19.9 Å². The van der Waals surface area contributed by atoms with Crippen molar-refractivity contribution in [2.75, 3.05) is 0 Å². The van der Waals surface area contributed by atoms with Crippen LogP contribution in [0.1, 0.15) is 11.6 Å². The summed E-state index contributed by atoms with van der Waals surface area (Å²) < 4.78 is 0. The summed E-state index contributed by atoms with van der Waals surface area (Å²) in [5.41, 5.74) is 0. The first-order chi connectivity index (χ1) is 5.79. The van der Waals surface area contributed by atoms with Crippen LogP contribution in [0.3, 0.4) is 0 Å². The zero-order chi connectivity index (χ0) is 8.81. The van der Waals surface area contributed by atoms with Crippen molar-refractivity contribution >= 4 is 0 Å². The number of aryl methyl sites for hydroxylation is 2. The van der Waals surface area contributed by atoms with E-state index in [1.165, 1.54) is 0 Å². The molecular weight excluding hydrogens is 211 g/mol. The molecule has 5 heteroatoms. The average molecular weight is 221 g/mol. The second-order valence-corrected chi connectivity index (χ2v) is 2.21. The number of nitrogens with zero attached hydrogens (tertiary/aromatic N) is 4. The number of imidazole rings is 2. The molecule has 0 bridgehead atoms. The minimum absolute atomic E-state index is 0. The van der Waals surface area contributed by atoms with Gasteiger partial charge >= 0.3 is 16.8 Å². The summed E-state index contributed by atoms with van der Waals surface area (Å²) >= 11 is 0. The van der Waals surface area contributed by atoms with Gasteiger partial charge in [-0.15, -0.1) is 0 Å². The third-order valence-electron chi connectivity index (χ3n) is 1.18. The van der Waals surface area contributed by atoms with Gasteiger partial charge in [0.2, 0.25) is 0 Å². The van der Waals surface area contributed by atoms with Crippen molar-refractivity contribution in [1.29, 1.82) is 0 Å². The summed E-state index contributed by atoms with van der Waals surface area (Å²) in [6, 6.07) is 0. The minimum Gasteiger partial charge on any atom is -0.447 e. The maximum Gasteiger partial charge on any atom is 2.00 e. The molecule has 0 saturated carbocycles. The van der Waals surface area contributed by atoms with E-state index in [4.69, 9.17) is 0 Å². The van der Waals surface area contributed by atoms with Crippen LogP contribution >= 0.6 is 0 Å². The van der Waals surface area contributed by atoms with Gasteiger partial charge < -0.3 is 19.9 Å². The van der Waals surface area contributed by atoms with Crippen LogP contribution in [0.2, 0.25) is 0 Å². The molecule has 1 radical (unpaired) electrons. The van der Waals surface area contributed by atoms with Crippen LogP contribution in [0.25, 0.3) is 0 Å². The summed E-state index contributed by atoms with van der Waals surface area (Å²) in [7, 11) is 0. The fourth-order valence-corrected chi connectivity index (χ4v) is 0.631. The van der Waals surface area contributed by atoms with E-state index >= 15 is 0 Å². The monoisotopic (exact) mass is 221 g/mol. The Bertz CT molecular complexity index is 256. The van der Waals surface area contributed by atoms with Gasteiger partial charge in [0, 0.05) is 0 Å². The van der Waals surface area contributed by atoms with Crippen molar-refractivity contribution in [3.63, 3.8) is 0 Å². The third kappa shape index (κ3) is 5.21. The molecule has 2 aromatic heterocycles. The smallest absolute Gasteiger partial charge is 0.447 e. The maximum absolute atomic E-state index is 3.81. The zero-order valence-electron chi connectivity index (χ0n) is 7.43. The number of rotatable bonds is 0. The molecule has 0 aliphatic heterocycles. The van der Waals surface area contributed by atoms with E-state index in [1.54, 1.807) is 24.8 Å². The van der Waals surface area contributed by atoms with Gasteiger partial charge in [0.1, 0.15) is 0 Å². The SMILES string of the molecule is Cc1ncc[n-]1.Cc1ncc[n-]1.[Co+2]. The molecule has 13 heavy (non-hydrogen) atoms. The van der Waals surface area contributed by atoms with Gasteiger partial charge in [0.15, 0.2) is 0 Å². The molecule has 2 aromatic rings. The molecule has 0 unspecified atom stereocenters. The van der Waals surface area contributed by atoms with E-state index < -0.39 is 0 Å². The van der Waals surface area contributed by atoms with Gasteiger partial charge in [-0.1, -0.05) is 36.4 Å². The van der Waals surface area contributed by atoms with Crippen molar-refractivity contribution in [3.8, 4) is 0 Å². The summed E-state index contributed by atoms with van der Waals surface area (Å²) in [6.07, 6.45) is 6.70. The fourth-order valence-electron chi connectivity index (χ4n) is 0.631. The second-order valence-electron chi connectivity index (χ2n) is 2.21. The second kappa shape index (κ2) is 6.44. The molecule has 2 rings (SSSR count). The Morgan fingerprint density at radius 1 is 0.923 bits per heavy atom. The van der Waals surface area contributed by atoms with Gasteiger partial charge in [-0.05, 0) is 13.8 Å². The van der Waals surface area contributed by atoms with Crippen molar-refractivity contribution in [3.05, 3.63) is 36.4 Å². The molecule has 0 spiro atoms. The third-order valence-corrected chi connectivity index (χ3v) is 1.18. The van der Waals surface area contributed by atoms with Crippen LogP contribution in [-0.2, 0) is 16.8 Å². The zero-order valence-corrected chi connectivity index (χ0v) is 8.47. The van der Waals surface area contributed by atoms with Crippen LogP contribution in [0, 0.1) is 13.8 Å². The van der Waals surface area contributed by atoms with Gasteiger partial charge in [0.25, 0.3) is 0 Å². The van der Waals surface area contributed by atoms with Crippen LogP contribution in [0.5, 0.6) is 0 Å². The van der Waals surface area contributed by atoms with Gasteiger partial charge in [0.05, 0.1) is 0 Å².